The molecule has 0 radical (unpaired) electrons. The molecule has 0 spiro atoms. The number of nitrogens with zero attached hydrogens (tertiary/aromatic N) is 2. The fraction of sp³-hybridized carbons (Fsp3) is 0.923. The molecule has 6 heteroatoms. The van der Waals surface area contributed by atoms with Gasteiger partial charge in [-0.05, 0) is 25.7 Å². The van der Waals surface area contributed by atoms with E-state index in [-0.39, 0.29) is 5.91 Å². The van der Waals surface area contributed by atoms with Crippen molar-refractivity contribution in [2.24, 2.45) is 0 Å². The summed E-state index contributed by atoms with van der Waals surface area (Å²) < 4.78 is 24.7. The Morgan fingerprint density at radius 3 is 2.32 bits per heavy atom. The lowest BCUT2D eigenvalue weighted by Crippen LogP contribution is -2.39. The summed E-state index contributed by atoms with van der Waals surface area (Å²) in [5.74, 6) is 0.0878. The topological polar surface area (TPSA) is 57.7 Å². The molecule has 0 aromatic heterocycles. The fourth-order valence-corrected chi connectivity index (χ4v) is 3.18. The quantitative estimate of drug-likeness (QED) is 0.713. The van der Waals surface area contributed by atoms with E-state index in [1.54, 1.807) is 0 Å². The lowest BCUT2D eigenvalue weighted by Gasteiger charge is -2.28. The highest BCUT2D eigenvalue weighted by Gasteiger charge is 2.20. The van der Waals surface area contributed by atoms with Crippen LogP contribution in [0.2, 0.25) is 0 Å². The van der Waals surface area contributed by atoms with Crippen LogP contribution in [0.1, 0.15) is 45.4 Å². The van der Waals surface area contributed by atoms with Gasteiger partial charge < -0.3 is 4.90 Å². The van der Waals surface area contributed by atoms with Crippen LogP contribution in [0.3, 0.4) is 0 Å². The number of piperidine rings is 1. The van der Waals surface area contributed by atoms with Crippen molar-refractivity contribution in [1.82, 2.24) is 9.21 Å². The third kappa shape index (κ3) is 5.91. The predicted molar refractivity (Wildman–Crippen MR) is 76.4 cm³/mol. The molecule has 0 unspecified atom stereocenters. The molecule has 0 N–H and O–H groups in total. The minimum absolute atomic E-state index is 0.0878. The SMILES string of the molecule is CCCCN(CCC(=O)N1CCCCC1)S(C)(=O)=O. The van der Waals surface area contributed by atoms with Crippen LogP contribution in [0.25, 0.3) is 0 Å². The van der Waals surface area contributed by atoms with Crippen LogP contribution in [-0.2, 0) is 14.8 Å². The van der Waals surface area contributed by atoms with Crippen molar-refractivity contribution >= 4 is 15.9 Å². The molecular weight excluding hydrogens is 264 g/mol. The summed E-state index contributed by atoms with van der Waals surface area (Å²) in [6.07, 6.45) is 6.63. The molecule has 1 heterocycles. The third-order valence-corrected chi connectivity index (χ3v) is 4.82. The average molecular weight is 290 g/mol. The van der Waals surface area contributed by atoms with Gasteiger partial charge >= 0.3 is 0 Å². The molecule has 1 rings (SSSR count). The first-order valence-corrected chi connectivity index (χ1v) is 9.03. The smallest absolute Gasteiger partial charge is 0.223 e. The van der Waals surface area contributed by atoms with Crippen LogP contribution >= 0.6 is 0 Å². The molecule has 1 aliphatic heterocycles. The zero-order chi connectivity index (χ0) is 14.3. The Morgan fingerprint density at radius 1 is 1.16 bits per heavy atom. The summed E-state index contributed by atoms with van der Waals surface area (Å²) in [5.41, 5.74) is 0. The summed E-state index contributed by atoms with van der Waals surface area (Å²) in [4.78, 5) is 13.9. The number of hydrogen-bond acceptors (Lipinski definition) is 3. The second kappa shape index (κ2) is 7.85. The molecule has 1 amide bonds. The molecule has 1 saturated heterocycles. The Balaban J connectivity index is 2.44. The van der Waals surface area contributed by atoms with Gasteiger partial charge in [0.25, 0.3) is 0 Å². The minimum Gasteiger partial charge on any atom is -0.343 e. The number of carbonyl (C=O) groups excluding carboxylic acids is 1. The maximum Gasteiger partial charge on any atom is 0.223 e. The molecule has 0 aromatic carbocycles. The summed E-state index contributed by atoms with van der Waals surface area (Å²) in [6.45, 7) is 4.51. The number of likely N-dealkylation sites (tertiary alicyclic amines) is 1. The standard InChI is InChI=1S/C13H26N2O3S/c1-3-4-11-15(19(2,17)18)12-8-13(16)14-9-6-5-7-10-14/h3-12H2,1-2H3. The highest BCUT2D eigenvalue weighted by atomic mass is 32.2. The highest BCUT2D eigenvalue weighted by molar-refractivity contribution is 7.88. The van der Waals surface area contributed by atoms with Crippen molar-refractivity contribution in [2.45, 2.75) is 45.4 Å². The van der Waals surface area contributed by atoms with Crippen LogP contribution in [0.4, 0.5) is 0 Å². The number of amides is 1. The fourth-order valence-electron chi connectivity index (χ4n) is 2.30. The van der Waals surface area contributed by atoms with E-state index in [4.69, 9.17) is 0 Å². The van der Waals surface area contributed by atoms with E-state index in [0.717, 1.165) is 38.8 Å². The first-order chi connectivity index (χ1) is 8.95. The Bertz CT molecular complexity index is 375. The molecule has 0 saturated carbocycles. The molecular formula is C13H26N2O3S. The minimum atomic E-state index is -3.20. The lowest BCUT2D eigenvalue weighted by atomic mass is 10.1. The number of carbonyl (C=O) groups is 1. The Morgan fingerprint density at radius 2 is 1.79 bits per heavy atom. The largest absolute Gasteiger partial charge is 0.343 e. The van der Waals surface area contributed by atoms with Gasteiger partial charge in [0.1, 0.15) is 0 Å². The second-order valence-electron chi connectivity index (χ2n) is 5.21. The number of unbranched alkanes of at least 4 members (excludes halogenated alkanes) is 1. The van der Waals surface area contributed by atoms with Gasteiger partial charge in [-0.15, -0.1) is 0 Å². The summed E-state index contributed by atoms with van der Waals surface area (Å²) >= 11 is 0. The molecule has 0 bridgehead atoms. The van der Waals surface area contributed by atoms with Gasteiger partial charge in [0.15, 0.2) is 0 Å². The van der Waals surface area contributed by atoms with Gasteiger partial charge in [0.2, 0.25) is 15.9 Å². The molecule has 0 aliphatic carbocycles. The van der Waals surface area contributed by atoms with E-state index < -0.39 is 10.0 Å². The van der Waals surface area contributed by atoms with Crippen LogP contribution in [0, 0.1) is 0 Å². The zero-order valence-electron chi connectivity index (χ0n) is 12.1. The zero-order valence-corrected chi connectivity index (χ0v) is 12.9. The Kier molecular flexibility index (Phi) is 6.79. The van der Waals surface area contributed by atoms with Gasteiger partial charge in [0.05, 0.1) is 6.26 Å². The van der Waals surface area contributed by atoms with E-state index in [9.17, 15) is 13.2 Å². The Hall–Kier alpha value is -0.620. The van der Waals surface area contributed by atoms with Gasteiger partial charge in [-0.2, -0.15) is 0 Å². The van der Waals surface area contributed by atoms with Crippen molar-refractivity contribution in [3.63, 3.8) is 0 Å². The van der Waals surface area contributed by atoms with Crippen LogP contribution < -0.4 is 0 Å². The van der Waals surface area contributed by atoms with Crippen molar-refractivity contribution in [1.29, 1.82) is 0 Å². The molecule has 19 heavy (non-hydrogen) atoms. The van der Waals surface area contributed by atoms with Gasteiger partial charge in [0, 0.05) is 32.6 Å². The molecule has 1 aliphatic rings. The molecule has 0 atom stereocenters. The van der Waals surface area contributed by atoms with Gasteiger partial charge in [-0.3, -0.25) is 4.79 Å². The van der Waals surface area contributed by atoms with Crippen molar-refractivity contribution in [2.75, 3.05) is 32.4 Å². The van der Waals surface area contributed by atoms with Gasteiger partial charge in [-0.25, -0.2) is 12.7 Å². The van der Waals surface area contributed by atoms with E-state index in [2.05, 4.69) is 0 Å². The van der Waals surface area contributed by atoms with Crippen LogP contribution in [0.15, 0.2) is 0 Å². The normalized spacial score (nSPS) is 16.9. The molecule has 0 aromatic rings. The van der Waals surface area contributed by atoms with Crippen LogP contribution in [-0.4, -0.2) is 56.0 Å². The predicted octanol–water partition coefficient (Wildman–Crippen LogP) is 1.45. The number of sulfonamides is 1. The Labute approximate surface area is 117 Å². The lowest BCUT2D eigenvalue weighted by molar-refractivity contribution is -0.132. The number of hydrogen-bond donors (Lipinski definition) is 0. The van der Waals surface area contributed by atoms with E-state index >= 15 is 0 Å². The summed E-state index contributed by atoms with van der Waals surface area (Å²) in [6, 6.07) is 0. The first-order valence-electron chi connectivity index (χ1n) is 7.18. The van der Waals surface area contributed by atoms with Crippen molar-refractivity contribution < 1.29 is 13.2 Å². The summed E-state index contributed by atoms with van der Waals surface area (Å²) in [5, 5.41) is 0. The van der Waals surface area contributed by atoms with E-state index in [0.29, 0.717) is 19.5 Å². The van der Waals surface area contributed by atoms with E-state index in [1.807, 2.05) is 11.8 Å². The van der Waals surface area contributed by atoms with E-state index in [1.165, 1.54) is 17.0 Å². The molecule has 112 valence electrons. The monoisotopic (exact) mass is 290 g/mol. The first kappa shape index (κ1) is 16.4. The highest BCUT2D eigenvalue weighted by Crippen LogP contribution is 2.11. The van der Waals surface area contributed by atoms with Gasteiger partial charge in [-0.1, -0.05) is 13.3 Å². The van der Waals surface area contributed by atoms with Crippen LogP contribution in [0.5, 0.6) is 0 Å². The number of rotatable bonds is 7. The summed E-state index contributed by atoms with van der Waals surface area (Å²) in [7, 11) is -3.20. The molecule has 5 nitrogen and oxygen atoms in total. The average Bonchev–Trinajstić information content (AvgIpc) is 2.38. The maximum atomic E-state index is 12.0. The third-order valence-electron chi connectivity index (χ3n) is 3.51. The molecule has 1 fully saturated rings. The van der Waals surface area contributed by atoms with Crippen molar-refractivity contribution in [3.8, 4) is 0 Å². The van der Waals surface area contributed by atoms with Crippen molar-refractivity contribution in [3.05, 3.63) is 0 Å². The second-order valence-corrected chi connectivity index (χ2v) is 7.19. The maximum absolute atomic E-state index is 12.0.